The molecule has 0 atom stereocenters. The molecule has 9 heteroatoms. The number of benzene rings is 2. The van der Waals surface area contributed by atoms with Crippen molar-refractivity contribution >= 4 is 0 Å². The van der Waals surface area contributed by atoms with Gasteiger partial charge < -0.3 is 43.4 Å². The molecule has 9 nitrogen and oxygen atoms in total. The summed E-state index contributed by atoms with van der Waals surface area (Å²) < 4.78 is 40.1. The molecule has 2 N–H and O–H groups in total. The normalized spacial score (nSPS) is 11.4. The van der Waals surface area contributed by atoms with Crippen LogP contribution in [0.3, 0.4) is 0 Å². The van der Waals surface area contributed by atoms with E-state index >= 15 is 0 Å². The van der Waals surface area contributed by atoms with Gasteiger partial charge in [0, 0.05) is 79.3 Å². The summed E-state index contributed by atoms with van der Waals surface area (Å²) in [6.07, 6.45) is 11.5. The molecule has 0 aliphatic heterocycles. The number of ether oxygens (including phenoxy) is 7. The molecule has 0 bridgehead atoms. The molecule has 47 heavy (non-hydrogen) atoms. The molecular weight excluding hydrogens is 600 g/mol. The van der Waals surface area contributed by atoms with E-state index in [4.69, 9.17) is 43.4 Å². The van der Waals surface area contributed by atoms with Crippen molar-refractivity contribution in [2.75, 3.05) is 79.3 Å². The van der Waals surface area contributed by atoms with Gasteiger partial charge in [0.15, 0.2) is 0 Å². The van der Waals surface area contributed by atoms with E-state index in [1.807, 2.05) is 48.5 Å². The Morgan fingerprint density at radius 1 is 0.319 bits per heavy atom. The van der Waals surface area contributed by atoms with Crippen molar-refractivity contribution in [1.82, 2.24) is 0 Å². The fourth-order valence-corrected chi connectivity index (χ4v) is 4.50. The van der Waals surface area contributed by atoms with Gasteiger partial charge in [-0.25, -0.2) is 0 Å². The number of hydrogen-bond acceptors (Lipinski definition) is 9. The lowest BCUT2D eigenvalue weighted by atomic mass is 10.2. The first kappa shape index (κ1) is 41.1. The zero-order chi connectivity index (χ0) is 33.3. The molecular formula is C38H62O9. The quantitative estimate of drug-likeness (QED) is 0.0750. The van der Waals surface area contributed by atoms with Crippen molar-refractivity contribution < 1.29 is 43.4 Å². The molecule has 0 saturated heterocycles. The average Bonchev–Trinajstić information content (AvgIpc) is 3.09. The second-order valence-electron chi connectivity index (χ2n) is 11.6. The van der Waals surface area contributed by atoms with Crippen LogP contribution in [-0.2, 0) is 41.6 Å². The van der Waals surface area contributed by atoms with E-state index in [9.17, 15) is 0 Å². The molecule has 0 heterocycles. The molecule has 268 valence electrons. The summed E-state index contributed by atoms with van der Waals surface area (Å²) in [4.78, 5) is 0. The third-order valence-electron chi connectivity index (χ3n) is 7.32. The third-order valence-corrected chi connectivity index (χ3v) is 7.32. The molecule has 2 aromatic rings. The first-order valence-corrected chi connectivity index (χ1v) is 17.9. The maximum atomic E-state index is 8.74. The Balaban J connectivity index is 1.40. The van der Waals surface area contributed by atoms with Gasteiger partial charge in [-0.05, 0) is 112 Å². The minimum absolute atomic E-state index is 0.242. The van der Waals surface area contributed by atoms with Crippen molar-refractivity contribution in [2.24, 2.45) is 0 Å². The highest BCUT2D eigenvalue weighted by molar-refractivity contribution is 5.34. The Morgan fingerprint density at radius 2 is 0.574 bits per heavy atom. The lowest BCUT2D eigenvalue weighted by Gasteiger charge is -2.09. The van der Waals surface area contributed by atoms with E-state index in [0.29, 0.717) is 13.2 Å². The standard InChI is InChI=1S/C38H62O9/c39-21-1-3-23-41-25-5-7-27-43-29-9-11-31-45-33-35-13-17-37(18-14-35)47-38-19-15-36(16-20-38)34-46-32-12-10-30-44-28-8-6-26-42-24-4-2-22-40/h13-20,39-40H,1-12,21-34H2. The van der Waals surface area contributed by atoms with Crippen molar-refractivity contribution in [3.05, 3.63) is 59.7 Å². The van der Waals surface area contributed by atoms with Gasteiger partial charge in [-0.3, -0.25) is 0 Å². The van der Waals surface area contributed by atoms with Gasteiger partial charge in [0.1, 0.15) is 11.5 Å². The van der Waals surface area contributed by atoms with Gasteiger partial charge in [0.2, 0.25) is 0 Å². The second kappa shape index (κ2) is 31.2. The maximum Gasteiger partial charge on any atom is 0.127 e. The largest absolute Gasteiger partial charge is 0.457 e. The van der Waals surface area contributed by atoms with E-state index in [-0.39, 0.29) is 13.2 Å². The molecule has 2 aromatic carbocycles. The van der Waals surface area contributed by atoms with Crippen molar-refractivity contribution in [3.63, 3.8) is 0 Å². The van der Waals surface area contributed by atoms with Crippen LogP contribution in [0.4, 0.5) is 0 Å². The van der Waals surface area contributed by atoms with Gasteiger partial charge in [-0.1, -0.05) is 24.3 Å². The monoisotopic (exact) mass is 662 g/mol. The minimum atomic E-state index is 0.242. The highest BCUT2D eigenvalue weighted by Crippen LogP contribution is 2.22. The number of unbranched alkanes of at least 4 members (excludes halogenated alkanes) is 6. The molecule has 0 amide bonds. The molecule has 0 saturated carbocycles. The van der Waals surface area contributed by atoms with Crippen LogP contribution in [0.25, 0.3) is 0 Å². The van der Waals surface area contributed by atoms with Crippen LogP contribution >= 0.6 is 0 Å². The van der Waals surface area contributed by atoms with Crippen LogP contribution < -0.4 is 4.74 Å². The Hall–Kier alpha value is -2.08. The first-order valence-electron chi connectivity index (χ1n) is 17.9. The predicted molar refractivity (Wildman–Crippen MR) is 185 cm³/mol. The Kier molecular flexibility index (Phi) is 27.3. The molecule has 2 rings (SSSR count). The summed E-state index contributed by atoms with van der Waals surface area (Å²) >= 11 is 0. The Bertz CT molecular complexity index is 848. The van der Waals surface area contributed by atoms with Crippen molar-refractivity contribution in [2.45, 2.75) is 90.3 Å². The molecule has 0 radical (unpaired) electrons. The lowest BCUT2D eigenvalue weighted by Crippen LogP contribution is -2.03. The summed E-state index contributed by atoms with van der Waals surface area (Å²) in [6.45, 7) is 9.19. The number of aliphatic hydroxyl groups excluding tert-OH is 2. The summed E-state index contributed by atoms with van der Waals surface area (Å²) in [7, 11) is 0. The fraction of sp³-hybridized carbons (Fsp3) is 0.684. The van der Waals surface area contributed by atoms with E-state index in [1.54, 1.807) is 0 Å². The zero-order valence-corrected chi connectivity index (χ0v) is 28.8. The van der Waals surface area contributed by atoms with Crippen LogP contribution in [0, 0.1) is 0 Å². The lowest BCUT2D eigenvalue weighted by molar-refractivity contribution is 0.0856. The highest BCUT2D eigenvalue weighted by Gasteiger charge is 2.01. The highest BCUT2D eigenvalue weighted by atomic mass is 16.5. The average molecular weight is 663 g/mol. The summed E-state index contributed by atoms with van der Waals surface area (Å²) in [6, 6.07) is 16.1. The van der Waals surface area contributed by atoms with Gasteiger partial charge in [0.25, 0.3) is 0 Å². The van der Waals surface area contributed by atoms with Gasteiger partial charge in [-0.15, -0.1) is 0 Å². The van der Waals surface area contributed by atoms with Crippen LogP contribution in [-0.4, -0.2) is 89.5 Å². The fourth-order valence-electron chi connectivity index (χ4n) is 4.50. The van der Waals surface area contributed by atoms with Crippen LogP contribution in [0.5, 0.6) is 11.5 Å². The van der Waals surface area contributed by atoms with E-state index in [1.165, 1.54) is 0 Å². The predicted octanol–water partition coefficient (Wildman–Crippen LogP) is 7.24. The molecule has 0 aliphatic rings. The topological polar surface area (TPSA) is 105 Å². The number of rotatable bonds is 34. The zero-order valence-electron chi connectivity index (χ0n) is 28.8. The summed E-state index contributed by atoms with van der Waals surface area (Å²) in [5, 5.41) is 17.5. The minimum Gasteiger partial charge on any atom is -0.457 e. The van der Waals surface area contributed by atoms with Gasteiger partial charge in [0.05, 0.1) is 13.2 Å². The number of aliphatic hydroxyl groups is 2. The van der Waals surface area contributed by atoms with Crippen LogP contribution in [0.2, 0.25) is 0 Å². The Morgan fingerprint density at radius 3 is 0.851 bits per heavy atom. The molecule has 0 fully saturated rings. The maximum absolute atomic E-state index is 8.74. The summed E-state index contributed by atoms with van der Waals surface area (Å²) in [5.74, 6) is 1.60. The van der Waals surface area contributed by atoms with Crippen molar-refractivity contribution in [1.29, 1.82) is 0 Å². The second-order valence-corrected chi connectivity index (χ2v) is 11.6. The van der Waals surface area contributed by atoms with Crippen LogP contribution in [0.1, 0.15) is 88.2 Å². The summed E-state index contributed by atoms with van der Waals surface area (Å²) in [5.41, 5.74) is 2.25. The van der Waals surface area contributed by atoms with E-state index in [2.05, 4.69) is 0 Å². The molecule has 0 spiro atoms. The first-order chi connectivity index (χ1) is 23.3. The van der Waals surface area contributed by atoms with Crippen molar-refractivity contribution in [3.8, 4) is 11.5 Å². The molecule has 0 unspecified atom stereocenters. The Labute approximate surface area is 283 Å². The van der Waals surface area contributed by atoms with Gasteiger partial charge >= 0.3 is 0 Å². The molecule has 0 aliphatic carbocycles. The smallest absolute Gasteiger partial charge is 0.127 e. The SMILES string of the molecule is OCCCCOCCCCOCCCCOCc1ccc(Oc2ccc(COCCCCOCCCCOCCCCO)cc2)cc1. The van der Waals surface area contributed by atoms with E-state index < -0.39 is 0 Å². The third kappa shape index (κ3) is 24.7. The number of hydrogen-bond donors (Lipinski definition) is 2. The van der Waals surface area contributed by atoms with Gasteiger partial charge in [-0.2, -0.15) is 0 Å². The van der Waals surface area contributed by atoms with E-state index in [0.717, 1.165) is 166 Å². The molecule has 0 aromatic heterocycles. The van der Waals surface area contributed by atoms with Crippen LogP contribution in [0.15, 0.2) is 48.5 Å².